The molecule has 0 radical (unpaired) electrons. The molecule has 0 aromatic heterocycles. The van der Waals surface area contributed by atoms with Gasteiger partial charge in [0.25, 0.3) is 0 Å². The van der Waals surface area contributed by atoms with Gasteiger partial charge in [-0.05, 0) is 25.3 Å². The number of ether oxygens (including phenoxy) is 1. The summed E-state index contributed by atoms with van der Waals surface area (Å²) in [4.78, 5) is 0. The quantitative estimate of drug-likeness (QED) is 0.664. The van der Waals surface area contributed by atoms with E-state index >= 15 is 0 Å². The van der Waals surface area contributed by atoms with E-state index in [0.717, 1.165) is 13.0 Å². The van der Waals surface area contributed by atoms with Gasteiger partial charge >= 0.3 is 0 Å². The third-order valence-corrected chi connectivity index (χ3v) is 3.08. The van der Waals surface area contributed by atoms with Crippen LogP contribution in [0.4, 0.5) is 0 Å². The maximum atomic E-state index is 5.88. The number of hydrogen-bond donors (Lipinski definition) is 0. The van der Waals surface area contributed by atoms with Gasteiger partial charge in [-0.1, -0.05) is 42.5 Å². The Morgan fingerprint density at radius 1 is 1.33 bits per heavy atom. The largest absolute Gasteiger partial charge is 0.373 e. The van der Waals surface area contributed by atoms with Gasteiger partial charge in [0.05, 0.1) is 6.10 Å². The Morgan fingerprint density at radius 2 is 2.07 bits per heavy atom. The predicted octanol–water partition coefficient (Wildman–Crippen LogP) is 3.73. The normalized spacial score (nSPS) is 26.2. The molecule has 1 heterocycles. The molecule has 0 aliphatic carbocycles. The number of benzene rings is 1. The molecule has 1 nitrogen and oxygen atoms in total. The van der Waals surface area contributed by atoms with Crippen LogP contribution in [-0.4, -0.2) is 6.61 Å². The highest BCUT2D eigenvalue weighted by Crippen LogP contribution is 2.37. The zero-order chi connectivity index (χ0) is 10.7. The van der Waals surface area contributed by atoms with Gasteiger partial charge in [0.1, 0.15) is 0 Å². The summed E-state index contributed by atoms with van der Waals surface area (Å²) in [6.07, 6.45) is 2.58. The van der Waals surface area contributed by atoms with Crippen molar-refractivity contribution in [3.63, 3.8) is 0 Å². The van der Waals surface area contributed by atoms with E-state index in [1.165, 1.54) is 17.6 Å². The monoisotopic (exact) mass is 202 g/mol. The summed E-state index contributed by atoms with van der Waals surface area (Å²) in [7, 11) is 0. The van der Waals surface area contributed by atoms with Crippen LogP contribution in [0.5, 0.6) is 0 Å². The number of hydrogen-bond acceptors (Lipinski definition) is 1. The van der Waals surface area contributed by atoms with E-state index in [1.807, 2.05) is 6.07 Å². The van der Waals surface area contributed by atoms with Crippen molar-refractivity contribution in [2.24, 2.45) is 5.92 Å². The molecule has 2 atom stereocenters. The molecule has 0 amide bonds. The lowest BCUT2D eigenvalue weighted by atomic mass is 9.85. The molecule has 1 saturated heterocycles. The second kappa shape index (κ2) is 4.63. The summed E-state index contributed by atoms with van der Waals surface area (Å²) >= 11 is 0. The minimum atomic E-state index is 0.220. The molecule has 0 bridgehead atoms. The molecule has 0 N–H and O–H groups in total. The Bertz CT molecular complexity index is 328. The van der Waals surface area contributed by atoms with Crippen molar-refractivity contribution in [3.05, 3.63) is 48.0 Å². The second-order valence-electron chi connectivity index (χ2n) is 4.30. The smallest absolute Gasteiger partial charge is 0.0889 e. The average Bonchev–Trinajstić information content (AvgIpc) is 2.30. The SMILES string of the molecule is C=C(C)[C@@H]1CCCO[C@@H]1c1ccccc1. The Morgan fingerprint density at radius 3 is 2.73 bits per heavy atom. The second-order valence-corrected chi connectivity index (χ2v) is 4.30. The summed E-state index contributed by atoms with van der Waals surface area (Å²) in [5.41, 5.74) is 2.52. The maximum absolute atomic E-state index is 5.88. The van der Waals surface area contributed by atoms with E-state index in [2.05, 4.69) is 37.8 Å². The fourth-order valence-electron chi connectivity index (χ4n) is 2.26. The zero-order valence-corrected chi connectivity index (χ0v) is 9.28. The third kappa shape index (κ3) is 2.29. The van der Waals surface area contributed by atoms with Crippen molar-refractivity contribution >= 4 is 0 Å². The topological polar surface area (TPSA) is 9.23 Å². The van der Waals surface area contributed by atoms with Gasteiger partial charge in [0.15, 0.2) is 0 Å². The highest BCUT2D eigenvalue weighted by atomic mass is 16.5. The van der Waals surface area contributed by atoms with E-state index in [0.29, 0.717) is 5.92 Å². The van der Waals surface area contributed by atoms with Crippen LogP contribution in [0.15, 0.2) is 42.5 Å². The van der Waals surface area contributed by atoms with Crippen LogP contribution in [0, 0.1) is 5.92 Å². The van der Waals surface area contributed by atoms with E-state index in [9.17, 15) is 0 Å². The van der Waals surface area contributed by atoms with Gasteiger partial charge in [0, 0.05) is 12.5 Å². The molecule has 1 aliphatic rings. The molecule has 1 aliphatic heterocycles. The molecule has 0 saturated carbocycles. The van der Waals surface area contributed by atoms with Crippen LogP contribution in [0.25, 0.3) is 0 Å². The van der Waals surface area contributed by atoms with E-state index in [4.69, 9.17) is 4.74 Å². The van der Waals surface area contributed by atoms with Gasteiger partial charge < -0.3 is 4.74 Å². The minimum absolute atomic E-state index is 0.220. The molecule has 80 valence electrons. The highest BCUT2D eigenvalue weighted by molar-refractivity contribution is 5.21. The average molecular weight is 202 g/mol. The van der Waals surface area contributed by atoms with Crippen LogP contribution in [0.1, 0.15) is 31.4 Å². The third-order valence-electron chi connectivity index (χ3n) is 3.08. The lowest BCUT2D eigenvalue weighted by Gasteiger charge is -2.32. The molecule has 1 aromatic carbocycles. The molecule has 0 spiro atoms. The van der Waals surface area contributed by atoms with Crippen molar-refractivity contribution < 1.29 is 4.74 Å². The van der Waals surface area contributed by atoms with Crippen molar-refractivity contribution in [2.45, 2.75) is 25.9 Å². The van der Waals surface area contributed by atoms with E-state index in [-0.39, 0.29) is 6.10 Å². The lowest BCUT2D eigenvalue weighted by molar-refractivity contribution is -0.0160. The zero-order valence-electron chi connectivity index (χ0n) is 9.28. The molecule has 1 fully saturated rings. The van der Waals surface area contributed by atoms with E-state index in [1.54, 1.807) is 0 Å². The summed E-state index contributed by atoms with van der Waals surface area (Å²) in [5.74, 6) is 0.487. The summed E-state index contributed by atoms with van der Waals surface area (Å²) in [5, 5.41) is 0. The summed E-state index contributed by atoms with van der Waals surface area (Å²) < 4.78 is 5.88. The molecule has 1 aromatic rings. The minimum Gasteiger partial charge on any atom is -0.373 e. The van der Waals surface area contributed by atoms with Gasteiger partial charge in [-0.15, -0.1) is 0 Å². The van der Waals surface area contributed by atoms with Crippen molar-refractivity contribution in [1.29, 1.82) is 0 Å². The van der Waals surface area contributed by atoms with Gasteiger partial charge in [-0.3, -0.25) is 0 Å². The van der Waals surface area contributed by atoms with Crippen LogP contribution in [-0.2, 0) is 4.74 Å². The Balaban J connectivity index is 2.22. The van der Waals surface area contributed by atoms with Crippen LogP contribution in [0.2, 0.25) is 0 Å². The molecule has 1 heteroatoms. The maximum Gasteiger partial charge on any atom is 0.0889 e. The lowest BCUT2D eigenvalue weighted by Crippen LogP contribution is -2.23. The van der Waals surface area contributed by atoms with Crippen molar-refractivity contribution in [2.75, 3.05) is 6.61 Å². The van der Waals surface area contributed by atoms with Crippen LogP contribution < -0.4 is 0 Å². The van der Waals surface area contributed by atoms with Crippen molar-refractivity contribution in [1.82, 2.24) is 0 Å². The van der Waals surface area contributed by atoms with Crippen LogP contribution >= 0.6 is 0 Å². The van der Waals surface area contributed by atoms with Gasteiger partial charge in [-0.25, -0.2) is 0 Å². The first-order chi connectivity index (χ1) is 7.29. The summed E-state index contributed by atoms with van der Waals surface area (Å²) in [6.45, 7) is 7.06. The van der Waals surface area contributed by atoms with Crippen LogP contribution in [0.3, 0.4) is 0 Å². The van der Waals surface area contributed by atoms with Gasteiger partial charge in [-0.2, -0.15) is 0 Å². The Labute approximate surface area is 91.8 Å². The fraction of sp³-hybridized carbons (Fsp3) is 0.429. The molecular formula is C14H18O. The Kier molecular flexibility index (Phi) is 3.22. The van der Waals surface area contributed by atoms with E-state index < -0.39 is 0 Å². The molecular weight excluding hydrogens is 184 g/mol. The molecule has 0 unspecified atom stereocenters. The van der Waals surface area contributed by atoms with Crippen molar-refractivity contribution in [3.8, 4) is 0 Å². The summed E-state index contributed by atoms with van der Waals surface area (Å²) in [6, 6.07) is 10.5. The fourth-order valence-corrected chi connectivity index (χ4v) is 2.26. The molecule has 2 rings (SSSR count). The first-order valence-corrected chi connectivity index (χ1v) is 5.61. The predicted molar refractivity (Wildman–Crippen MR) is 62.7 cm³/mol. The standard InChI is InChI=1S/C14H18O/c1-11(2)13-9-6-10-15-14(13)12-7-4-3-5-8-12/h3-5,7-8,13-14H,1,6,9-10H2,2H3/t13-,14+/m0/s1. The first kappa shape index (κ1) is 10.4. The molecule has 15 heavy (non-hydrogen) atoms. The van der Waals surface area contributed by atoms with Gasteiger partial charge in [0.2, 0.25) is 0 Å². The highest BCUT2D eigenvalue weighted by Gasteiger charge is 2.27. The Hall–Kier alpha value is -1.08. The first-order valence-electron chi connectivity index (χ1n) is 5.61. The number of rotatable bonds is 2.